The first-order chi connectivity index (χ1) is 7.27. The first-order valence-electron chi connectivity index (χ1n) is 5.96. The largest absolute Gasteiger partial charge is 0.337 e. The molecule has 84 valence electrons. The van der Waals surface area contributed by atoms with Crippen LogP contribution in [0, 0.1) is 5.92 Å². The van der Waals surface area contributed by atoms with E-state index in [0.29, 0.717) is 6.04 Å². The van der Waals surface area contributed by atoms with Crippen molar-refractivity contribution in [3.8, 4) is 0 Å². The lowest BCUT2D eigenvalue weighted by Crippen LogP contribution is -2.37. The van der Waals surface area contributed by atoms with Crippen LogP contribution >= 0.6 is 0 Å². The van der Waals surface area contributed by atoms with Crippen LogP contribution in [0.25, 0.3) is 0 Å². The molecule has 0 saturated heterocycles. The highest BCUT2D eigenvalue weighted by molar-refractivity contribution is 4.97. The van der Waals surface area contributed by atoms with E-state index in [4.69, 9.17) is 0 Å². The molecule has 1 aliphatic carbocycles. The van der Waals surface area contributed by atoms with Gasteiger partial charge in [0.05, 0.1) is 12.0 Å². The minimum Gasteiger partial charge on any atom is -0.337 e. The van der Waals surface area contributed by atoms with Crippen LogP contribution in [-0.2, 0) is 13.6 Å². The number of nitrogens with one attached hydrogen (secondary N) is 1. The van der Waals surface area contributed by atoms with Crippen LogP contribution in [0.5, 0.6) is 0 Å². The number of hydrogen-bond acceptors (Lipinski definition) is 2. The Morgan fingerprint density at radius 1 is 1.47 bits per heavy atom. The molecule has 2 atom stereocenters. The van der Waals surface area contributed by atoms with Crippen LogP contribution in [-0.4, -0.2) is 15.6 Å². The molecule has 2 unspecified atom stereocenters. The molecule has 0 spiro atoms. The maximum atomic E-state index is 4.13. The average molecular weight is 207 g/mol. The van der Waals surface area contributed by atoms with Gasteiger partial charge in [-0.15, -0.1) is 0 Å². The maximum absolute atomic E-state index is 4.13. The van der Waals surface area contributed by atoms with Gasteiger partial charge in [0.15, 0.2) is 0 Å². The Bertz CT molecular complexity index is 306. The highest BCUT2D eigenvalue weighted by Gasteiger charge is 2.20. The zero-order valence-corrected chi connectivity index (χ0v) is 9.74. The smallest absolute Gasteiger partial charge is 0.0945 e. The second-order valence-electron chi connectivity index (χ2n) is 4.75. The summed E-state index contributed by atoms with van der Waals surface area (Å²) in [6, 6.07) is 0.702. The Morgan fingerprint density at radius 2 is 2.27 bits per heavy atom. The van der Waals surface area contributed by atoms with Crippen LogP contribution in [0.1, 0.15) is 38.3 Å². The van der Waals surface area contributed by atoms with E-state index in [1.807, 2.05) is 19.6 Å². The number of rotatable bonds is 3. The second-order valence-corrected chi connectivity index (χ2v) is 4.75. The number of aromatic nitrogens is 2. The highest BCUT2D eigenvalue weighted by Crippen LogP contribution is 2.23. The number of imidazole rings is 1. The number of aryl methyl sites for hydroxylation is 1. The van der Waals surface area contributed by atoms with Gasteiger partial charge < -0.3 is 9.88 Å². The third-order valence-corrected chi connectivity index (χ3v) is 3.57. The maximum Gasteiger partial charge on any atom is 0.0945 e. The van der Waals surface area contributed by atoms with Crippen LogP contribution in [0.4, 0.5) is 0 Å². The first kappa shape index (κ1) is 10.7. The lowest BCUT2D eigenvalue weighted by molar-refractivity contribution is 0.278. The molecule has 3 heteroatoms. The average Bonchev–Trinajstić information content (AvgIpc) is 2.63. The Labute approximate surface area is 91.9 Å². The van der Waals surface area contributed by atoms with E-state index in [2.05, 4.69) is 21.8 Å². The summed E-state index contributed by atoms with van der Waals surface area (Å²) in [5, 5.41) is 3.65. The molecule has 1 aromatic rings. The van der Waals surface area contributed by atoms with E-state index in [1.165, 1.54) is 31.4 Å². The predicted molar refractivity (Wildman–Crippen MR) is 61.5 cm³/mol. The Balaban J connectivity index is 1.84. The van der Waals surface area contributed by atoms with Crippen LogP contribution < -0.4 is 5.32 Å². The molecule has 1 N–H and O–H groups in total. The first-order valence-corrected chi connectivity index (χ1v) is 5.96. The Kier molecular flexibility index (Phi) is 3.41. The van der Waals surface area contributed by atoms with Crippen molar-refractivity contribution in [2.75, 3.05) is 0 Å². The van der Waals surface area contributed by atoms with E-state index in [1.54, 1.807) is 0 Å². The summed E-state index contributed by atoms with van der Waals surface area (Å²) in [6.45, 7) is 3.31. The van der Waals surface area contributed by atoms with Crippen molar-refractivity contribution in [3.63, 3.8) is 0 Å². The third kappa shape index (κ3) is 2.59. The molecule has 2 rings (SSSR count). The molecule has 1 fully saturated rings. The monoisotopic (exact) mass is 207 g/mol. The molecule has 0 radical (unpaired) electrons. The summed E-state index contributed by atoms with van der Waals surface area (Å²) < 4.78 is 2.08. The molecule has 1 aliphatic rings. The fourth-order valence-electron chi connectivity index (χ4n) is 2.41. The summed E-state index contributed by atoms with van der Waals surface area (Å²) in [4.78, 5) is 4.13. The topological polar surface area (TPSA) is 29.9 Å². The number of hydrogen-bond donors (Lipinski definition) is 1. The normalized spacial score (nSPS) is 26.8. The van der Waals surface area contributed by atoms with Gasteiger partial charge in [0, 0.05) is 25.8 Å². The minimum atomic E-state index is 0.702. The lowest BCUT2D eigenvalue weighted by atomic mass is 9.86. The van der Waals surface area contributed by atoms with Crippen molar-refractivity contribution in [3.05, 3.63) is 18.2 Å². The van der Waals surface area contributed by atoms with Crippen LogP contribution in [0.2, 0.25) is 0 Å². The molecule has 0 bridgehead atoms. The number of nitrogens with zero attached hydrogens (tertiary/aromatic N) is 2. The van der Waals surface area contributed by atoms with E-state index >= 15 is 0 Å². The van der Waals surface area contributed by atoms with E-state index < -0.39 is 0 Å². The summed E-state index contributed by atoms with van der Waals surface area (Å²) in [7, 11) is 2.05. The van der Waals surface area contributed by atoms with Crippen LogP contribution in [0.3, 0.4) is 0 Å². The second kappa shape index (κ2) is 4.79. The zero-order chi connectivity index (χ0) is 10.7. The zero-order valence-electron chi connectivity index (χ0n) is 9.74. The predicted octanol–water partition coefficient (Wildman–Crippen LogP) is 2.09. The molecular formula is C12H21N3. The van der Waals surface area contributed by atoms with E-state index in [-0.39, 0.29) is 0 Å². The molecule has 1 aromatic heterocycles. The molecule has 15 heavy (non-hydrogen) atoms. The van der Waals surface area contributed by atoms with Gasteiger partial charge >= 0.3 is 0 Å². The van der Waals surface area contributed by atoms with Crippen molar-refractivity contribution in [1.29, 1.82) is 0 Å². The summed E-state index contributed by atoms with van der Waals surface area (Å²) in [5.41, 5.74) is 1.27. The van der Waals surface area contributed by atoms with Crippen LogP contribution in [0.15, 0.2) is 12.5 Å². The molecule has 1 saturated carbocycles. The van der Waals surface area contributed by atoms with Gasteiger partial charge in [0.2, 0.25) is 0 Å². The van der Waals surface area contributed by atoms with E-state index in [0.717, 1.165) is 12.5 Å². The van der Waals surface area contributed by atoms with Gasteiger partial charge in [-0.2, -0.15) is 0 Å². The SMILES string of the molecule is CC1CCCCC1NCc1cncn1C. The van der Waals surface area contributed by atoms with Gasteiger partial charge in [0.1, 0.15) is 0 Å². The van der Waals surface area contributed by atoms with Gasteiger partial charge in [-0.25, -0.2) is 4.98 Å². The van der Waals surface area contributed by atoms with Gasteiger partial charge in [-0.05, 0) is 18.8 Å². The van der Waals surface area contributed by atoms with Gasteiger partial charge in [0.25, 0.3) is 0 Å². The van der Waals surface area contributed by atoms with Crippen molar-refractivity contribution < 1.29 is 0 Å². The molecule has 1 heterocycles. The van der Waals surface area contributed by atoms with Crippen molar-refractivity contribution >= 4 is 0 Å². The minimum absolute atomic E-state index is 0.702. The molecule has 0 aromatic carbocycles. The fraction of sp³-hybridized carbons (Fsp3) is 0.750. The van der Waals surface area contributed by atoms with Crippen molar-refractivity contribution in [2.24, 2.45) is 13.0 Å². The standard InChI is InChI=1S/C12H21N3/c1-10-5-3-4-6-12(10)14-8-11-7-13-9-15(11)2/h7,9-10,12,14H,3-6,8H2,1-2H3. The van der Waals surface area contributed by atoms with Gasteiger partial charge in [-0.1, -0.05) is 19.8 Å². The van der Waals surface area contributed by atoms with E-state index in [9.17, 15) is 0 Å². The molecule has 0 amide bonds. The summed E-state index contributed by atoms with van der Waals surface area (Å²) >= 11 is 0. The highest BCUT2D eigenvalue weighted by atomic mass is 15.1. The fourth-order valence-corrected chi connectivity index (χ4v) is 2.41. The molecule has 0 aliphatic heterocycles. The van der Waals surface area contributed by atoms with Gasteiger partial charge in [-0.3, -0.25) is 0 Å². The third-order valence-electron chi connectivity index (χ3n) is 3.57. The lowest BCUT2D eigenvalue weighted by Gasteiger charge is -2.29. The summed E-state index contributed by atoms with van der Waals surface area (Å²) in [6.07, 6.45) is 9.31. The Morgan fingerprint density at radius 3 is 2.93 bits per heavy atom. The Hall–Kier alpha value is -0.830. The molecule has 3 nitrogen and oxygen atoms in total. The van der Waals surface area contributed by atoms with Crippen molar-refractivity contribution in [1.82, 2.24) is 14.9 Å². The molecular weight excluding hydrogens is 186 g/mol. The summed E-state index contributed by atoms with van der Waals surface area (Å²) in [5.74, 6) is 0.826. The van der Waals surface area contributed by atoms with Crippen molar-refractivity contribution in [2.45, 2.75) is 45.2 Å². The quantitative estimate of drug-likeness (QED) is 0.822.